The van der Waals surface area contributed by atoms with Gasteiger partial charge in [-0.05, 0) is 32.5 Å². The van der Waals surface area contributed by atoms with Crippen LogP contribution in [0.5, 0.6) is 0 Å². The summed E-state index contributed by atoms with van der Waals surface area (Å²) in [5.41, 5.74) is 0. The Kier molecular flexibility index (Phi) is 6.41. The van der Waals surface area contributed by atoms with Crippen LogP contribution in [-0.4, -0.2) is 40.5 Å². The Balaban J connectivity index is 0.00000200. The van der Waals surface area contributed by atoms with E-state index in [0.29, 0.717) is 4.88 Å². The molecule has 3 N–H and O–H groups in total. The summed E-state index contributed by atoms with van der Waals surface area (Å²) in [6.45, 7) is 1.74. The van der Waals surface area contributed by atoms with E-state index in [4.69, 9.17) is 0 Å². The zero-order chi connectivity index (χ0) is 13.9. The fourth-order valence-corrected chi connectivity index (χ4v) is 3.83. The molecule has 1 fully saturated rings. The van der Waals surface area contributed by atoms with Crippen molar-refractivity contribution in [2.45, 2.75) is 23.8 Å². The van der Waals surface area contributed by atoms with Crippen LogP contribution in [0.25, 0.3) is 0 Å². The average Bonchev–Trinajstić information content (AvgIpc) is 2.90. The van der Waals surface area contributed by atoms with Gasteiger partial charge < -0.3 is 10.6 Å². The van der Waals surface area contributed by atoms with Crippen molar-refractivity contribution < 1.29 is 13.2 Å². The van der Waals surface area contributed by atoms with Gasteiger partial charge in [-0.1, -0.05) is 0 Å². The molecule has 1 aromatic heterocycles. The molecule has 0 spiro atoms. The molecule has 6 nitrogen and oxygen atoms in total. The maximum Gasteiger partial charge on any atom is 0.261 e. The second-order valence-corrected chi connectivity index (χ2v) is 7.17. The van der Waals surface area contributed by atoms with Crippen LogP contribution in [0, 0.1) is 0 Å². The topological polar surface area (TPSA) is 87.3 Å². The predicted molar refractivity (Wildman–Crippen MR) is 81.2 cm³/mol. The number of hydrogen-bond acceptors (Lipinski definition) is 5. The van der Waals surface area contributed by atoms with Gasteiger partial charge in [-0.15, -0.1) is 23.7 Å². The van der Waals surface area contributed by atoms with Crippen LogP contribution >= 0.6 is 23.7 Å². The molecule has 2 rings (SSSR count). The number of sulfonamides is 1. The summed E-state index contributed by atoms with van der Waals surface area (Å²) in [6.07, 6.45) is 1.99. The van der Waals surface area contributed by atoms with E-state index in [1.54, 1.807) is 0 Å². The van der Waals surface area contributed by atoms with Gasteiger partial charge in [0.05, 0.1) is 9.77 Å². The highest BCUT2D eigenvalue weighted by Gasteiger charge is 2.20. The van der Waals surface area contributed by atoms with Crippen molar-refractivity contribution in [3.8, 4) is 0 Å². The number of nitrogens with one attached hydrogen (secondary N) is 3. The smallest absolute Gasteiger partial charge is 0.261 e. The van der Waals surface area contributed by atoms with Gasteiger partial charge in [0.15, 0.2) is 0 Å². The molecule has 20 heavy (non-hydrogen) atoms. The summed E-state index contributed by atoms with van der Waals surface area (Å²) in [5, 5.41) is 7.60. The number of carbonyl (C=O) groups is 1. The Hall–Kier alpha value is -0.670. The normalized spacial score (nSPS) is 19.1. The standard InChI is InChI=1S/C11H17N3O3S2.ClH/c1-12-19(16,17)9-5-10(18-7-9)11(15)14-8-3-2-4-13-6-8;/h5,7-8,12-13H,2-4,6H2,1H3,(H,14,15);1H. The van der Waals surface area contributed by atoms with E-state index < -0.39 is 10.0 Å². The van der Waals surface area contributed by atoms with E-state index in [-0.39, 0.29) is 29.3 Å². The van der Waals surface area contributed by atoms with Crippen LogP contribution in [0.3, 0.4) is 0 Å². The van der Waals surface area contributed by atoms with E-state index in [1.807, 2.05) is 0 Å². The van der Waals surface area contributed by atoms with Crippen molar-refractivity contribution >= 4 is 39.7 Å². The third-order valence-electron chi connectivity index (χ3n) is 3.01. The second kappa shape index (κ2) is 7.37. The maximum absolute atomic E-state index is 12.0. The molecule has 1 atom stereocenters. The van der Waals surface area contributed by atoms with E-state index in [2.05, 4.69) is 15.4 Å². The molecule has 1 aliphatic rings. The molecule has 0 aliphatic carbocycles. The largest absolute Gasteiger partial charge is 0.347 e. The first-order valence-electron chi connectivity index (χ1n) is 6.06. The van der Waals surface area contributed by atoms with Crippen molar-refractivity contribution in [1.29, 1.82) is 0 Å². The molecular weight excluding hydrogens is 322 g/mol. The highest BCUT2D eigenvalue weighted by Crippen LogP contribution is 2.19. The summed E-state index contributed by atoms with van der Waals surface area (Å²) in [5.74, 6) is -0.212. The molecule has 0 aromatic carbocycles. The molecule has 1 amide bonds. The second-order valence-electron chi connectivity index (χ2n) is 4.37. The molecule has 0 radical (unpaired) electrons. The van der Waals surface area contributed by atoms with Gasteiger partial charge in [-0.25, -0.2) is 13.1 Å². The van der Waals surface area contributed by atoms with Gasteiger partial charge in [0.1, 0.15) is 0 Å². The highest BCUT2D eigenvalue weighted by atomic mass is 35.5. The molecular formula is C11H18ClN3O3S2. The van der Waals surface area contributed by atoms with Crippen molar-refractivity contribution in [2.24, 2.45) is 0 Å². The Morgan fingerprint density at radius 2 is 2.25 bits per heavy atom. The third-order valence-corrected chi connectivity index (χ3v) is 5.48. The minimum atomic E-state index is -3.48. The average molecular weight is 340 g/mol. The first-order chi connectivity index (χ1) is 9.03. The van der Waals surface area contributed by atoms with E-state index in [9.17, 15) is 13.2 Å². The zero-order valence-corrected chi connectivity index (χ0v) is 13.5. The molecule has 1 unspecified atom stereocenters. The quantitative estimate of drug-likeness (QED) is 0.748. The van der Waals surface area contributed by atoms with Crippen molar-refractivity contribution in [2.75, 3.05) is 20.1 Å². The van der Waals surface area contributed by atoms with Crippen LogP contribution in [0.1, 0.15) is 22.5 Å². The van der Waals surface area contributed by atoms with E-state index in [0.717, 1.165) is 37.3 Å². The molecule has 114 valence electrons. The lowest BCUT2D eigenvalue weighted by molar-refractivity contribution is 0.0934. The molecule has 0 bridgehead atoms. The Morgan fingerprint density at radius 3 is 2.85 bits per heavy atom. The SMILES string of the molecule is CNS(=O)(=O)c1csc(C(=O)NC2CCCNC2)c1.Cl. The lowest BCUT2D eigenvalue weighted by Crippen LogP contribution is -2.45. The minimum Gasteiger partial charge on any atom is -0.347 e. The first kappa shape index (κ1) is 17.4. The fraction of sp³-hybridized carbons (Fsp3) is 0.545. The van der Waals surface area contributed by atoms with Gasteiger partial charge in [0.25, 0.3) is 5.91 Å². The molecule has 9 heteroatoms. The van der Waals surface area contributed by atoms with Crippen LogP contribution in [-0.2, 0) is 10.0 Å². The molecule has 2 heterocycles. The van der Waals surface area contributed by atoms with Crippen LogP contribution in [0.15, 0.2) is 16.3 Å². The highest BCUT2D eigenvalue weighted by molar-refractivity contribution is 7.89. The summed E-state index contributed by atoms with van der Waals surface area (Å²) < 4.78 is 25.4. The van der Waals surface area contributed by atoms with Crippen molar-refractivity contribution in [3.05, 3.63) is 16.3 Å². The molecule has 1 saturated heterocycles. The van der Waals surface area contributed by atoms with Crippen molar-refractivity contribution in [1.82, 2.24) is 15.4 Å². The predicted octanol–water partition coefficient (Wildman–Crippen LogP) is 0.560. The summed E-state index contributed by atoms with van der Waals surface area (Å²) in [6, 6.07) is 1.52. The fourth-order valence-electron chi connectivity index (χ4n) is 1.93. The van der Waals surface area contributed by atoms with Gasteiger partial charge >= 0.3 is 0 Å². The Bertz CT molecular complexity index is 553. The first-order valence-corrected chi connectivity index (χ1v) is 8.43. The maximum atomic E-state index is 12.0. The van der Waals surface area contributed by atoms with Gasteiger partial charge in [0.2, 0.25) is 10.0 Å². The minimum absolute atomic E-state index is 0. The lowest BCUT2D eigenvalue weighted by atomic mass is 10.1. The number of piperidine rings is 1. The molecule has 1 aliphatic heterocycles. The number of halogens is 1. The number of amides is 1. The summed E-state index contributed by atoms with van der Waals surface area (Å²) >= 11 is 1.14. The van der Waals surface area contributed by atoms with Crippen molar-refractivity contribution in [3.63, 3.8) is 0 Å². The van der Waals surface area contributed by atoms with Gasteiger partial charge in [-0.2, -0.15) is 0 Å². The molecule has 0 saturated carbocycles. The third kappa shape index (κ3) is 4.16. The van der Waals surface area contributed by atoms with Crippen LogP contribution < -0.4 is 15.4 Å². The number of hydrogen-bond donors (Lipinski definition) is 3. The number of rotatable bonds is 4. The Labute approximate surface area is 128 Å². The molecule has 1 aromatic rings. The van der Waals surface area contributed by atoms with Gasteiger partial charge in [0, 0.05) is 18.0 Å². The summed E-state index contributed by atoms with van der Waals surface area (Å²) in [4.78, 5) is 12.5. The van der Waals surface area contributed by atoms with Crippen LogP contribution in [0.2, 0.25) is 0 Å². The van der Waals surface area contributed by atoms with E-state index in [1.165, 1.54) is 18.5 Å². The zero-order valence-electron chi connectivity index (χ0n) is 11.0. The van der Waals surface area contributed by atoms with Crippen LogP contribution in [0.4, 0.5) is 0 Å². The van der Waals surface area contributed by atoms with Gasteiger partial charge in [-0.3, -0.25) is 4.79 Å². The number of carbonyl (C=O) groups excluding carboxylic acids is 1. The summed E-state index contributed by atoms with van der Waals surface area (Å²) in [7, 11) is -2.13. The Morgan fingerprint density at radius 1 is 1.50 bits per heavy atom. The number of thiophene rings is 1. The van der Waals surface area contributed by atoms with E-state index >= 15 is 0 Å². The lowest BCUT2D eigenvalue weighted by Gasteiger charge is -2.23. The monoisotopic (exact) mass is 339 g/mol.